The number of aryl methyl sites for hydroxylation is 1. The number of ether oxygens (including phenoxy) is 1. The first kappa shape index (κ1) is 15.7. The van der Waals surface area contributed by atoms with Crippen LogP contribution in [-0.4, -0.2) is 36.2 Å². The van der Waals surface area contributed by atoms with Crippen molar-refractivity contribution in [3.05, 3.63) is 50.8 Å². The number of likely N-dealkylation sites (N-methyl/N-ethyl adjacent to an activating group) is 1. The maximum atomic E-state index is 12.7. The Morgan fingerprint density at radius 2 is 2.00 bits per heavy atom. The summed E-state index contributed by atoms with van der Waals surface area (Å²) in [6.45, 7) is 4.68. The summed E-state index contributed by atoms with van der Waals surface area (Å²) in [4.78, 5) is 13.8. The van der Waals surface area contributed by atoms with E-state index < -0.39 is 0 Å². The summed E-state index contributed by atoms with van der Waals surface area (Å²) in [6.07, 6.45) is 0. The predicted molar refractivity (Wildman–Crippen MR) is 82.7 cm³/mol. The standard InChI is InChI=1S/C15H19FN2O2S/c1-12-11-21-15(19)18(12)8-7-17(2)9-10-20-14-5-3-13(16)4-6-14/h3-6,11H,7-10H2,1-2H3. The number of nitrogens with zero attached hydrogens (tertiary/aromatic N) is 2. The van der Waals surface area contributed by atoms with E-state index in [2.05, 4.69) is 4.90 Å². The molecule has 0 unspecified atom stereocenters. The largest absolute Gasteiger partial charge is 0.492 e. The second-order valence-electron chi connectivity index (χ2n) is 4.90. The summed E-state index contributed by atoms with van der Waals surface area (Å²) < 4.78 is 20.1. The van der Waals surface area contributed by atoms with Gasteiger partial charge < -0.3 is 14.2 Å². The molecule has 6 heteroatoms. The zero-order chi connectivity index (χ0) is 15.2. The number of hydrogen-bond donors (Lipinski definition) is 0. The fourth-order valence-electron chi connectivity index (χ4n) is 1.91. The molecular formula is C15H19FN2O2S. The predicted octanol–water partition coefficient (Wildman–Crippen LogP) is 2.37. The molecule has 0 atom stereocenters. The van der Waals surface area contributed by atoms with Crippen LogP contribution in [0.4, 0.5) is 4.39 Å². The minimum atomic E-state index is -0.268. The smallest absolute Gasteiger partial charge is 0.307 e. The van der Waals surface area contributed by atoms with Gasteiger partial charge in [0.05, 0.1) is 0 Å². The van der Waals surface area contributed by atoms with Crippen LogP contribution >= 0.6 is 11.3 Å². The molecule has 0 bridgehead atoms. The zero-order valence-corrected chi connectivity index (χ0v) is 13.0. The van der Waals surface area contributed by atoms with Gasteiger partial charge in [0.2, 0.25) is 0 Å². The summed E-state index contributed by atoms with van der Waals surface area (Å²) in [5.41, 5.74) is 1.00. The summed E-state index contributed by atoms with van der Waals surface area (Å²) >= 11 is 1.23. The van der Waals surface area contributed by atoms with E-state index in [1.165, 1.54) is 23.5 Å². The molecule has 0 aliphatic carbocycles. The van der Waals surface area contributed by atoms with Gasteiger partial charge >= 0.3 is 4.87 Å². The van der Waals surface area contributed by atoms with Gasteiger partial charge in [0.25, 0.3) is 0 Å². The number of thiazole rings is 1. The van der Waals surface area contributed by atoms with Crippen molar-refractivity contribution < 1.29 is 9.13 Å². The van der Waals surface area contributed by atoms with E-state index in [0.29, 0.717) is 18.9 Å². The maximum Gasteiger partial charge on any atom is 0.307 e. The lowest BCUT2D eigenvalue weighted by Crippen LogP contribution is -2.30. The molecule has 0 saturated carbocycles. The van der Waals surface area contributed by atoms with E-state index in [4.69, 9.17) is 4.74 Å². The van der Waals surface area contributed by atoms with Crippen molar-refractivity contribution in [2.24, 2.45) is 0 Å². The van der Waals surface area contributed by atoms with Crippen LogP contribution in [0, 0.1) is 12.7 Å². The molecule has 114 valence electrons. The first-order chi connectivity index (χ1) is 10.1. The van der Waals surface area contributed by atoms with Crippen molar-refractivity contribution in [1.82, 2.24) is 9.47 Å². The third-order valence-electron chi connectivity index (χ3n) is 3.24. The second-order valence-corrected chi connectivity index (χ2v) is 5.72. The molecule has 0 spiro atoms. The molecule has 4 nitrogen and oxygen atoms in total. The SMILES string of the molecule is Cc1csc(=O)n1CCN(C)CCOc1ccc(F)cc1. The van der Waals surface area contributed by atoms with Gasteiger partial charge in [-0.05, 0) is 38.2 Å². The van der Waals surface area contributed by atoms with E-state index in [0.717, 1.165) is 18.8 Å². The molecular weight excluding hydrogens is 291 g/mol. The van der Waals surface area contributed by atoms with Gasteiger partial charge in [-0.15, -0.1) is 0 Å². The minimum Gasteiger partial charge on any atom is -0.492 e. The van der Waals surface area contributed by atoms with Crippen LogP contribution in [0.3, 0.4) is 0 Å². The van der Waals surface area contributed by atoms with Crippen LogP contribution in [0.25, 0.3) is 0 Å². The lowest BCUT2D eigenvalue weighted by Gasteiger charge is -2.17. The van der Waals surface area contributed by atoms with E-state index in [1.54, 1.807) is 16.7 Å². The third kappa shape index (κ3) is 4.68. The van der Waals surface area contributed by atoms with Crippen LogP contribution in [0.5, 0.6) is 5.75 Å². The van der Waals surface area contributed by atoms with Gasteiger partial charge in [-0.25, -0.2) is 4.39 Å². The number of hydrogen-bond acceptors (Lipinski definition) is 4. The molecule has 1 heterocycles. The van der Waals surface area contributed by atoms with Crippen molar-refractivity contribution in [3.8, 4) is 5.75 Å². The normalized spacial score (nSPS) is 11.0. The average molecular weight is 310 g/mol. The van der Waals surface area contributed by atoms with Gasteiger partial charge in [-0.1, -0.05) is 11.3 Å². The van der Waals surface area contributed by atoms with E-state index >= 15 is 0 Å². The first-order valence-electron chi connectivity index (χ1n) is 6.78. The van der Waals surface area contributed by atoms with E-state index in [1.807, 2.05) is 19.4 Å². The van der Waals surface area contributed by atoms with Crippen molar-refractivity contribution in [3.63, 3.8) is 0 Å². The maximum absolute atomic E-state index is 12.7. The van der Waals surface area contributed by atoms with Crippen LogP contribution in [0.1, 0.15) is 5.69 Å². The van der Waals surface area contributed by atoms with Crippen LogP contribution in [-0.2, 0) is 6.54 Å². The Balaban J connectivity index is 1.71. The van der Waals surface area contributed by atoms with E-state index in [-0.39, 0.29) is 10.7 Å². The number of halogens is 1. The average Bonchev–Trinajstić information content (AvgIpc) is 2.78. The molecule has 0 fully saturated rings. The lowest BCUT2D eigenvalue weighted by atomic mass is 10.3. The molecule has 2 rings (SSSR count). The second kappa shape index (κ2) is 7.38. The minimum absolute atomic E-state index is 0.0865. The highest BCUT2D eigenvalue weighted by Crippen LogP contribution is 2.10. The van der Waals surface area contributed by atoms with Gasteiger partial charge in [0, 0.05) is 30.7 Å². The highest BCUT2D eigenvalue weighted by atomic mass is 32.1. The molecule has 0 saturated heterocycles. The molecule has 0 amide bonds. The van der Waals surface area contributed by atoms with Gasteiger partial charge in [-0.2, -0.15) is 0 Å². The van der Waals surface area contributed by atoms with E-state index in [9.17, 15) is 9.18 Å². The van der Waals surface area contributed by atoms with Gasteiger partial charge in [0.1, 0.15) is 18.2 Å². The first-order valence-corrected chi connectivity index (χ1v) is 7.66. The molecule has 0 N–H and O–H groups in total. The van der Waals surface area contributed by atoms with Crippen molar-refractivity contribution in [2.75, 3.05) is 26.7 Å². The summed E-state index contributed by atoms with van der Waals surface area (Å²) in [7, 11) is 1.99. The zero-order valence-electron chi connectivity index (χ0n) is 12.2. The van der Waals surface area contributed by atoms with Crippen LogP contribution < -0.4 is 9.61 Å². The van der Waals surface area contributed by atoms with Crippen molar-refractivity contribution in [2.45, 2.75) is 13.5 Å². The Bertz CT molecular complexity index is 621. The number of benzene rings is 1. The monoisotopic (exact) mass is 310 g/mol. The quantitative estimate of drug-likeness (QED) is 0.787. The summed E-state index contributed by atoms with van der Waals surface area (Å²) in [5.74, 6) is 0.394. The Morgan fingerprint density at radius 1 is 1.29 bits per heavy atom. The fraction of sp³-hybridized carbons (Fsp3) is 0.400. The fourth-order valence-corrected chi connectivity index (χ4v) is 2.67. The molecule has 0 radical (unpaired) electrons. The van der Waals surface area contributed by atoms with Gasteiger partial charge in [-0.3, -0.25) is 4.79 Å². The molecule has 0 aliphatic heterocycles. The Hall–Kier alpha value is -1.66. The summed E-state index contributed by atoms with van der Waals surface area (Å²) in [5, 5.41) is 1.87. The Labute approximate surface area is 127 Å². The Kier molecular flexibility index (Phi) is 5.52. The lowest BCUT2D eigenvalue weighted by molar-refractivity contribution is 0.231. The molecule has 0 aliphatic rings. The van der Waals surface area contributed by atoms with Crippen molar-refractivity contribution >= 4 is 11.3 Å². The summed E-state index contributed by atoms with van der Waals surface area (Å²) in [6, 6.07) is 5.99. The van der Waals surface area contributed by atoms with Crippen LogP contribution in [0.15, 0.2) is 34.4 Å². The molecule has 1 aromatic heterocycles. The number of rotatable bonds is 7. The molecule has 21 heavy (non-hydrogen) atoms. The highest BCUT2D eigenvalue weighted by molar-refractivity contribution is 7.07. The van der Waals surface area contributed by atoms with Gasteiger partial charge in [0.15, 0.2) is 0 Å². The van der Waals surface area contributed by atoms with Crippen molar-refractivity contribution in [1.29, 1.82) is 0 Å². The van der Waals surface area contributed by atoms with Crippen LogP contribution in [0.2, 0.25) is 0 Å². The third-order valence-corrected chi connectivity index (χ3v) is 4.12. The topological polar surface area (TPSA) is 34.5 Å². The highest BCUT2D eigenvalue weighted by Gasteiger charge is 2.04. The number of aromatic nitrogens is 1. The molecule has 1 aromatic carbocycles. The molecule has 2 aromatic rings. The Morgan fingerprint density at radius 3 is 2.62 bits per heavy atom.